The maximum absolute atomic E-state index is 5.16. The molecule has 0 N–H and O–H groups in total. The van der Waals surface area contributed by atoms with Crippen LogP contribution < -0.4 is 14.5 Å². The van der Waals surface area contributed by atoms with E-state index in [0.717, 1.165) is 49.3 Å². The van der Waals surface area contributed by atoms with E-state index in [1.54, 1.807) is 25.7 Å². The van der Waals surface area contributed by atoms with Crippen LogP contribution in [0, 0.1) is 6.92 Å². The van der Waals surface area contributed by atoms with Crippen LogP contribution in [-0.4, -0.2) is 63.0 Å². The zero-order valence-electron chi connectivity index (χ0n) is 16.4. The summed E-state index contributed by atoms with van der Waals surface area (Å²) in [6, 6.07) is 6.06. The van der Waals surface area contributed by atoms with E-state index in [-0.39, 0.29) is 0 Å². The predicted octanol–water partition coefficient (Wildman–Crippen LogP) is 1.87. The molecule has 28 heavy (non-hydrogen) atoms. The number of nitrogens with zero attached hydrogens (tertiary/aromatic N) is 8. The molecule has 3 aromatic rings. The van der Waals surface area contributed by atoms with Gasteiger partial charge in [-0.3, -0.25) is 4.57 Å². The molecule has 0 aliphatic carbocycles. The van der Waals surface area contributed by atoms with Crippen LogP contribution in [0.3, 0.4) is 0 Å². The molecular weight excluding hydrogens is 356 g/mol. The Hall–Kier alpha value is -3.23. The standard InChI is InChI=1S/C19H24N8O/c1-14-23-24-19(27(14)16-5-6-17(28-3)22-13-16)26-11-7-15(8-12-26)25(2)18-20-9-4-10-21-18/h4-6,9-10,13,15H,7-8,11-12H2,1-3H3. The largest absolute Gasteiger partial charge is 0.481 e. The van der Waals surface area contributed by atoms with Crippen LogP contribution in [0.25, 0.3) is 5.69 Å². The van der Waals surface area contributed by atoms with Gasteiger partial charge in [0, 0.05) is 44.6 Å². The Morgan fingerprint density at radius 3 is 2.46 bits per heavy atom. The molecule has 0 amide bonds. The molecule has 0 atom stereocenters. The number of hydrogen-bond acceptors (Lipinski definition) is 8. The van der Waals surface area contributed by atoms with Gasteiger partial charge in [0.2, 0.25) is 17.8 Å². The summed E-state index contributed by atoms with van der Waals surface area (Å²) in [5, 5.41) is 8.72. The molecule has 0 radical (unpaired) electrons. The molecule has 9 nitrogen and oxygen atoms in total. The summed E-state index contributed by atoms with van der Waals surface area (Å²) < 4.78 is 7.20. The van der Waals surface area contributed by atoms with Gasteiger partial charge in [-0.1, -0.05) is 0 Å². The summed E-state index contributed by atoms with van der Waals surface area (Å²) in [6.07, 6.45) is 7.35. The molecule has 0 aromatic carbocycles. The van der Waals surface area contributed by atoms with Crippen LogP contribution in [0.2, 0.25) is 0 Å². The van der Waals surface area contributed by atoms with E-state index in [0.29, 0.717) is 11.9 Å². The van der Waals surface area contributed by atoms with Crippen molar-refractivity contribution in [2.75, 3.05) is 37.0 Å². The Bertz CT molecular complexity index is 903. The highest BCUT2D eigenvalue weighted by Gasteiger charge is 2.27. The minimum atomic E-state index is 0.402. The van der Waals surface area contributed by atoms with Gasteiger partial charge in [-0.15, -0.1) is 10.2 Å². The summed E-state index contributed by atoms with van der Waals surface area (Å²) in [5.74, 6) is 3.03. The molecule has 3 aromatic heterocycles. The molecule has 4 rings (SSSR count). The average molecular weight is 380 g/mol. The number of aromatic nitrogens is 6. The number of hydrogen-bond donors (Lipinski definition) is 0. The van der Waals surface area contributed by atoms with E-state index < -0.39 is 0 Å². The molecule has 1 aliphatic heterocycles. The zero-order valence-corrected chi connectivity index (χ0v) is 16.4. The molecule has 0 saturated carbocycles. The van der Waals surface area contributed by atoms with Gasteiger partial charge >= 0.3 is 0 Å². The summed E-state index contributed by atoms with van der Waals surface area (Å²) in [7, 11) is 3.67. The van der Waals surface area contributed by atoms with Gasteiger partial charge in [-0.2, -0.15) is 0 Å². The Kier molecular flexibility index (Phi) is 5.05. The number of ether oxygens (including phenoxy) is 1. The third-order valence-electron chi connectivity index (χ3n) is 5.16. The van der Waals surface area contributed by atoms with E-state index in [2.05, 4.69) is 42.0 Å². The van der Waals surface area contributed by atoms with Crippen molar-refractivity contribution in [3.8, 4) is 11.6 Å². The summed E-state index contributed by atoms with van der Waals surface area (Å²) >= 11 is 0. The van der Waals surface area contributed by atoms with Gasteiger partial charge in [0.05, 0.1) is 19.0 Å². The van der Waals surface area contributed by atoms with Crippen LogP contribution in [0.4, 0.5) is 11.9 Å². The van der Waals surface area contributed by atoms with Crippen molar-refractivity contribution in [1.82, 2.24) is 29.7 Å². The lowest BCUT2D eigenvalue weighted by atomic mass is 10.0. The fraction of sp³-hybridized carbons (Fsp3) is 0.421. The number of piperidine rings is 1. The zero-order chi connectivity index (χ0) is 19.5. The smallest absolute Gasteiger partial charge is 0.231 e. The van der Waals surface area contributed by atoms with Crippen molar-refractivity contribution in [3.05, 3.63) is 42.6 Å². The van der Waals surface area contributed by atoms with Crippen LogP contribution >= 0.6 is 0 Å². The predicted molar refractivity (Wildman–Crippen MR) is 106 cm³/mol. The molecule has 146 valence electrons. The maximum atomic E-state index is 5.16. The summed E-state index contributed by atoms with van der Waals surface area (Å²) in [4.78, 5) is 17.5. The van der Waals surface area contributed by atoms with Crippen LogP contribution in [0.15, 0.2) is 36.8 Å². The van der Waals surface area contributed by atoms with Crippen molar-refractivity contribution in [2.24, 2.45) is 0 Å². The van der Waals surface area contributed by atoms with E-state index in [1.165, 1.54) is 0 Å². The van der Waals surface area contributed by atoms with E-state index in [4.69, 9.17) is 4.74 Å². The number of methoxy groups -OCH3 is 1. The van der Waals surface area contributed by atoms with E-state index in [9.17, 15) is 0 Å². The van der Waals surface area contributed by atoms with Crippen molar-refractivity contribution in [1.29, 1.82) is 0 Å². The first kappa shape index (κ1) is 18.1. The first-order valence-electron chi connectivity index (χ1n) is 9.34. The molecule has 1 saturated heterocycles. The van der Waals surface area contributed by atoms with Crippen molar-refractivity contribution in [2.45, 2.75) is 25.8 Å². The SMILES string of the molecule is COc1ccc(-n2c(C)nnc2N2CCC(N(C)c3ncccn3)CC2)cn1. The van der Waals surface area contributed by atoms with E-state index >= 15 is 0 Å². The Labute approximate surface area is 164 Å². The minimum Gasteiger partial charge on any atom is -0.481 e. The van der Waals surface area contributed by atoms with Crippen molar-refractivity contribution in [3.63, 3.8) is 0 Å². The molecule has 9 heteroatoms. The lowest BCUT2D eigenvalue weighted by Gasteiger charge is -2.37. The van der Waals surface area contributed by atoms with Crippen LogP contribution in [-0.2, 0) is 0 Å². The lowest BCUT2D eigenvalue weighted by molar-refractivity contribution is 0.398. The first-order chi connectivity index (χ1) is 13.7. The Morgan fingerprint density at radius 2 is 1.82 bits per heavy atom. The Balaban J connectivity index is 1.49. The molecule has 0 spiro atoms. The second-order valence-corrected chi connectivity index (χ2v) is 6.82. The second kappa shape index (κ2) is 7.79. The van der Waals surface area contributed by atoms with Gasteiger partial charge < -0.3 is 14.5 Å². The highest BCUT2D eigenvalue weighted by atomic mass is 16.5. The monoisotopic (exact) mass is 380 g/mol. The molecule has 4 heterocycles. The third-order valence-corrected chi connectivity index (χ3v) is 5.16. The maximum Gasteiger partial charge on any atom is 0.231 e. The highest BCUT2D eigenvalue weighted by molar-refractivity contribution is 5.44. The van der Waals surface area contributed by atoms with Gasteiger partial charge in [0.25, 0.3) is 0 Å². The number of pyridine rings is 1. The average Bonchev–Trinajstić information content (AvgIpc) is 3.15. The number of rotatable bonds is 5. The fourth-order valence-electron chi connectivity index (χ4n) is 3.57. The molecule has 0 unspecified atom stereocenters. The van der Waals surface area contributed by atoms with Crippen LogP contribution in [0.1, 0.15) is 18.7 Å². The molecule has 1 aliphatic rings. The minimum absolute atomic E-state index is 0.402. The summed E-state index contributed by atoms with van der Waals surface area (Å²) in [5.41, 5.74) is 0.926. The van der Waals surface area contributed by atoms with Crippen molar-refractivity contribution >= 4 is 11.9 Å². The summed E-state index contributed by atoms with van der Waals surface area (Å²) in [6.45, 7) is 3.74. The Morgan fingerprint density at radius 1 is 1.07 bits per heavy atom. The molecular formula is C19H24N8O. The quantitative estimate of drug-likeness (QED) is 0.663. The van der Waals surface area contributed by atoms with Gasteiger partial charge in [-0.25, -0.2) is 15.0 Å². The lowest BCUT2D eigenvalue weighted by Crippen LogP contribution is -2.44. The molecule has 1 fully saturated rings. The van der Waals surface area contributed by atoms with Crippen molar-refractivity contribution < 1.29 is 4.74 Å². The fourth-order valence-corrected chi connectivity index (χ4v) is 3.57. The normalized spacial score (nSPS) is 14.9. The number of anilines is 2. The molecule has 0 bridgehead atoms. The third kappa shape index (κ3) is 3.47. The van der Waals surface area contributed by atoms with E-state index in [1.807, 2.05) is 29.7 Å². The van der Waals surface area contributed by atoms with Crippen LogP contribution in [0.5, 0.6) is 5.88 Å². The topological polar surface area (TPSA) is 85.1 Å². The number of aryl methyl sites for hydroxylation is 1. The van der Waals surface area contributed by atoms with Gasteiger partial charge in [0.1, 0.15) is 5.82 Å². The highest BCUT2D eigenvalue weighted by Crippen LogP contribution is 2.25. The first-order valence-corrected chi connectivity index (χ1v) is 9.34. The van der Waals surface area contributed by atoms with Gasteiger partial charge in [0.15, 0.2) is 0 Å². The van der Waals surface area contributed by atoms with Gasteiger partial charge in [-0.05, 0) is 31.9 Å². The second-order valence-electron chi connectivity index (χ2n) is 6.82.